The zero-order valence-electron chi connectivity index (χ0n) is 13.6. The van der Waals surface area contributed by atoms with E-state index in [-0.39, 0.29) is 0 Å². The monoisotopic (exact) mass is 329 g/mol. The van der Waals surface area contributed by atoms with Gasteiger partial charge in [-0.1, -0.05) is 39.3 Å². The van der Waals surface area contributed by atoms with Crippen molar-refractivity contribution in [2.45, 2.75) is 25.8 Å². The average Bonchev–Trinajstić information content (AvgIpc) is 2.59. The first-order valence-electron chi connectivity index (χ1n) is 8.20. The SMILES string of the molecule is COc1ccc(O)c(Pc2ccccc2CN2CCCCC2)c1. The summed E-state index contributed by atoms with van der Waals surface area (Å²) in [5, 5.41) is 12.4. The van der Waals surface area contributed by atoms with Crippen molar-refractivity contribution in [3.05, 3.63) is 48.0 Å². The molecular weight excluding hydrogens is 305 g/mol. The van der Waals surface area contributed by atoms with E-state index in [1.807, 2.05) is 6.07 Å². The third kappa shape index (κ3) is 4.25. The molecule has 1 saturated heterocycles. The highest BCUT2D eigenvalue weighted by Crippen LogP contribution is 2.24. The van der Waals surface area contributed by atoms with E-state index >= 15 is 0 Å². The van der Waals surface area contributed by atoms with Crippen LogP contribution in [-0.2, 0) is 6.54 Å². The summed E-state index contributed by atoms with van der Waals surface area (Å²) in [5.74, 6) is 1.13. The van der Waals surface area contributed by atoms with Crippen LogP contribution in [0.3, 0.4) is 0 Å². The van der Waals surface area contributed by atoms with Gasteiger partial charge in [-0.3, -0.25) is 4.90 Å². The fourth-order valence-corrected chi connectivity index (χ4v) is 4.24. The lowest BCUT2D eigenvalue weighted by Gasteiger charge is -2.27. The second-order valence-corrected chi connectivity index (χ2v) is 7.33. The van der Waals surface area contributed by atoms with Crippen molar-refractivity contribution >= 4 is 19.2 Å². The highest BCUT2D eigenvalue weighted by Gasteiger charge is 2.13. The minimum atomic E-state index is 0.344. The molecule has 0 aliphatic carbocycles. The molecule has 1 unspecified atom stereocenters. The molecule has 1 heterocycles. The fraction of sp³-hybridized carbons (Fsp3) is 0.368. The van der Waals surface area contributed by atoms with Crippen LogP contribution in [-0.4, -0.2) is 30.2 Å². The molecule has 2 aromatic carbocycles. The number of piperidine rings is 1. The number of likely N-dealkylation sites (tertiary alicyclic amines) is 1. The van der Waals surface area contributed by atoms with Crippen LogP contribution >= 0.6 is 8.58 Å². The van der Waals surface area contributed by atoms with Crippen LogP contribution in [0.1, 0.15) is 24.8 Å². The van der Waals surface area contributed by atoms with Crippen molar-refractivity contribution in [3.8, 4) is 11.5 Å². The molecule has 3 nitrogen and oxygen atoms in total. The van der Waals surface area contributed by atoms with E-state index in [2.05, 4.69) is 29.2 Å². The molecule has 23 heavy (non-hydrogen) atoms. The summed E-state index contributed by atoms with van der Waals surface area (Å²) in [6.07, 6.45) is 3.97. The molecule has 0 bridgehead atoms. The number of methoxy groups -OCH3 is 1. The van der Waals surface area contributed by atoms with E-state index in [9.17, 15) is 5.11 Å². The first-order valence-corrected chi connectivity index (χ1v) is 9.20. The first kappa shape index (κ1) is 16.3. The summed E-state index contributed by atoms with van der Waals surface area (Å²) < 4.78 is 5.28. The molecule has 1 N–H and O–H groups in total. The highest BCUT2D eigenvalue weighted by molar-refractivity contribution is 7.55. The van der Waals surface area contributed by atoms with Gasteiger partial charge >= 0.3 is 0 Å². The van der Waals surface area contributed by atoms with E-state index in [0.29, 0.717) is 14.3 Å². The van der Waals surface area contributed by atoms with Gasteiger partial charge in [-0.05, 0) is 55.0 Å². The van der Waals surface area contributed by atoms with E-state index < -0.39 is 0 Å². The molecule has 0 radical (unpaired) electrons. The van der Waals surface area contributed by atoms with Gasteiger partial charge in [0.2, 0.25) is 0 Å². The molecule has 1 fully saturated rings. The van der Waals surface area contributed by atoms with Gasteiger partial charge in [0.1, 0.15) is 11.5 Å². The van der Waals surface area contributed by atoms with E-state index in [0.717, 1.165) is 17.6 Å². The molecule has 2 aromatic rings. The Kier molecular flexibility index (Phi) is 5.53. The maximum atomic E-state index is 10.1. The summed E-state index contributed by atoms with van der Waals surface area (Å²) in [7, 11) is 2.09. The number of ether oxygens (including phenoxy) is 1. The van der Waals surface area contributed by atoms with Gasteiger partial charge in [-0.15, -0.1) is 0 Å². The van der Waals surface area contributed by atoms with E-state index in [1.54, 1.807) is 19.2 Å². The molecule has 0 saturated carbocycles. The third-order valence-corrected chi connectivity index (χ3v) is 5.76. The van der Waals surface area contributed by atoms with E-state index in [4.69, 9.17) is 4.74 Å². The van der Waals surface area contributed by atoms with Gasteiger partial charge in [-0.25, -0.2) is 0 Å². The number of phenols is 1. The van der Waals surface area contributed by atoms with Gasteiger partial charge < -0.3 is 9.84 Å². The number of rotatable bonds is 5. The molecule has 1 atom stereocenters. The van der Waals surface area contributed by atoms with Crippen molar-refractivity contribution in [1.82, 2.24) is 4.90 Å². The predicted octanol–water partition coefficient (Wildman–Crippen LogP) is 3.02. The maximum absolute atomic E-state index is 10.1. The fourth-order valence-electron chi connectivity index (χ4n) is 3.03. The zero-order chi connectivity index (χ0) is 16.1. The summed E-state index contributed by atoms with van der Waals surface area (Å²) in [5.41, 5.74) is 1.37. The quantitative estimate of drug-likeness (QED) is 0.856. The number of nitrogens with zero attached hydrogens (tertiary/aromatic N) is 1. The summed E-state index contributed by atoms with van der Waals surface area (Å²) in [6, 6.07) is 14.0. The van der Waals surface area contributed by atoms with Gasteiger partial charge in [0.25, 0.3) is 0 Å². The molecule has 3 rings (SSSR count). The normalized spacial score (nSPS) is 16.0. The van der Waals surface area contributed by atoms with Crippen molar-refractivity contribution < 1.29 is 9.84 Å². The largest absolute Gasteiger partial charge is 0.507 e. The van der Waals surface area contributed by atoms with Gasteiger partial charge in [0, 0.05) is 11.8 Å². The Morgan fingerprint density at radius 3 is 2.61 bits per heavy atom. The topological polar surface area (TPSA) is 32.7 Å². The molecule has 122 valence electrons. The third-order valence-electron chi connectivity index (χ3n) is 4.33. The maximum Gasteiger partial charge on any atom is 0.123 e. The number of benzene rings is 2. The first-order chi connectivity index (χ1) is 11.3. The van der Waals surface area contributed by atoms with Crippen LogP contribution in [0, 0.1) is 0 Å². The number of hydrogen-bond donors (Lipinski definition) is 1. The van der Waals surface area contributed by atoms with Crippen LogP contribution in [0.2, 0.25) is 0 Å². The van der Waals surface area contributed by atoms with Gasteiger partial charge in [0.05, 0.1) is 7.11 Å². The Labute approximate surface area is 140 Å². The van der Waals surface area contributed by atoms with Crippen LogP contribution in [0.4, 0.5) is 0 Å². The number of hydrogen-bond acceptors (Lipinski definition) is 3. The summed E-state index contributed by atoms with van der Waals surface area (Å²) >= 11 is 0. The van der Waals surface area contributed by atoms with Crippen LogP contribution in [0.5, 0.6) is 11.5 Å². The molecule has 0 aromatic heterocycles. The molecule has 4 heteroatoms. The van der Waals surface area contributed by atoms with Crippen LogP contribution < -0.4 is 15.3 Å². The Bertz CT molecular complexity index is 654. The second kappa shape index (κ2) is 7.81. The van der Waals surface area contributed by atoms with Crippen LogP contribution in [0.15, 0.2) is 42.5 Å². The van der Waals surface area contributed by atoms with Crippen molar-refractivity contribution in [2.24, 2.45) is 0 Å². The van der Waals surface area contributed by atoms with E-state index in [1.165, 1.54) is 43.2 Å². The Hall–Kier alpha value is -1.57. The standard InChI is InChI=1S/C19H24NO2P/c1-22-16-9-10-17(21)19(13-16)23-18-8-4-3-7-15(18)14-20-11-5-2-6-12-20/h3-4,7-10,13,21,23H,2,5-6,11-12,14H2,1H3. The number of aromatic hydroxyl groups is 1. The minimum Gasteiger partial charge on any atom is -0.507 e. The Morgan fingerprint density at radius 1 is 1.04 bits per heavy atom. The number of phenolic OH excluding ortho intramolecular Hbond substituents is 1. The smallest absolute Gasteiger partial charge is 0.123 e. The molecule has 0 amide bonds. The minimum absolute atomic E-state index is 0.344. The molecular formula is C19H24NO2P. The Morgan fingerprint density at radius 2 is 1.83 bits per heavy atom. The van der Waals surface area contributed by atoms with Crippen molar-refractivity contribution in [3.63, 3.8) is 0 Å². The average molecular weight is 329 g/mol. The Balaban J connectivity index is 1.80. The predicted molar refractivity (Wildman–Crippen MR) is 97.8 cm³/mol. The molecule has 0 spiro atoms. The van der Waals surface area contributed by atoms with Gasteiger partial charge in [-0.2, -0.15) is 0 Å². The van der Waals surface area contributed by atoms with Crippen molar-refractivity contribution in [2.75, 3.05) is 20.2 Å². The van der Waals surface area contributed by atoms with Crippen molar-refractivity contribution in [1.29, 1.82) is 0 Å². The van der Waals surface area contributed by atoms with Crippen LogP contribution in [0.25, 0.3) is 0 Å². The zero-order valence-corrected chi connectivity index (χ0v) is 14.6. The molecule has 1 aliphatic heterocycles. The van der Waals surface area contributed by atoms with Gasteiger partial charge in [0.15, 0.2) is 0 Å². The summed E-state index contributed by atoms with van der Waals surface area (Å²) in [6.45, 7) is 3.40. The highest BCUT2D eigenvalue weighted by atomic mass is 31.1. The molecule has 1 aliphatic rings. The lowest BCUT2D eigenvalue weighted by molar-refractivity contribution is 0.221. The second-order valence-electron chi connectivity index (χ2n) is 6.00. The lowest BCUT2D eigenvalue weighted by Crippen LogP contribution is -2.30. The lowest BCUT2D eigenvalue weighted by atomic mass is 10.1. The summed E-state index contributed by atoms with van der Waals surface area (Å²) in [4.78, 5) is 2.54.